The number of nitrogens with zero attached hydrogens (tertiary/aromatic N) is 1. The van der Waals surface area contributed by atoms with Gasteiger partial charge >= 0.3 is 0 Å². The predicted molar refractivity (Wildman–Crippen MR) is 85.5 cm³/mol. The van der Waals surface area contributed by atoms with Crippen molar-refractivity contribution in [3.8, 4) is 5.75 Å². The van der Waals surface area contributed by atoms with E-state index in [0.717, 1.165) is 12.3 Å². The Balaban J connectivity index is 1.99. The average Bonchev–Trinajstić information content (AvgIpc) is 2.48. The number of nitrogen functional groups attached to an aromatic ring is 1. The summed E-state index contributed by atoms with van der Waals surface area (Å²) in [5.41, 5.74) is 7.41. The first-order valence-electron chi connectivity index (χ1n) is 6.91. The minimum atomic E-state index is -0.0765. The van der Waals surface area contributed by atoms with Gasteiger partial charge in [0, 0.05) is 12.1 Å². The molecule has 110 valence electrons. The lowest BCUT2D eigenvalue weighted by Crippen LogP contribution is -2.33. The van der Waals surface area contributed by atoms with E-state index in [1.807, 2.05) is 44.3 Å². The van der Waals surface area contributed by atoms with Crippen molar-refractivity contribution in [1.82, 2.24) is 4.90 Å². The monoisotopic (exact) mass is 283 g/mol. The molecule has 21 heavy (non-hydrogen) atoms. The molecule has 0 bridgehead atoms. The summed E-state index contributed by atoms with van der Waals surface area (Å²) >= 11 is 0. The molecule has 4 nitrogen and oxygen atoms in total. The molecular weight excluding hydrogens is 262 g/mol. The molecule has 2 aromatic carbocycles. The van der Waals surface area contributed by atoms with Crippen molar-refractivity contribution in [2.75, 3.05) is 7.05 Å². The van der Waals surface area contributed by atoms with Gasteiger partial charge in [-0.1, -0.05) is 42.5 Å². The second-order valence-electron chi connectivity index (χ2n) is 5.06. The van der Waals surface area contributed by atoms with Gasteiger partial charge in [-0.2, -0.15) is 0 Å². The third-order valence-corrected chi connectivity index (χ3v) is 3.35. The highest BCUT2D eigenvalue weighted by molar-refractivity contribution is 5.95. The van der Waals surface area contributed by atoms with Crippen molar-refractivity contribution in [3.63, 3.8) is 0 Å². The normalized spacial score (nSPS) is 12.1. The average molecular weight is 283 g/mol. The Bertz CT molecular complexity index is 598. The summed E-state index contributed by atoms with van der Waals surface area (Å²) in [5, 5.41) is 7.46. The SMILES string of the molecule is CC(Oc1cccc(C(=N)N)c1)N(C)Cc1ccccc1. The Morgan fingerprint density at radius 1 is 1.19 bits per heavy atom. The Morgan fingerprint density at radius 3 is 2.57 bits per heavy atom. The predicted octanol–water partition coefficient (Wildman–Crippen LogP) is 2.83. The number of rotatable bonds is 6. The van der Waals surface area contributed by atoms with Crippen LogP contribution in [0.5, 0.6) is 5.75 Å². The molecule has 0 amide bonds. The van der Waals surface area contributed by atoms with Crippen molar-refractivity contribution in [2.24, 2.45) is 5.73 Å². The van der Waals surface area contributed by atoms with Gasteiger partial charge in [0.15, 0.2) is 0 Å². The summed E-state index contributed by atoms with van der Waals surface area (Å²) < 4.78 is 5.91. The summed E-state index contributed by atoms with van der Waals surface area (Å²) in [4.78, 5) is 2.12. The fourth-order valence-electron chi connectivity index (χ4n) is 2.02. The lowest BCUT2D eigenvalue weighted by molar-refractivity contribution is 0.0550. The lowest BCUT2D eigenvalue weighted by Gasteiger charge is -2.25. The van der Waals surface area contributed by atoms with Crippen molar-refractivity contribution in [2.45, 2.75) is 19.7 Å². The van der Waals surface area contributed by atoms with Crippen LogP contribution in [-0.4, -0.2) is 24.0 Å². The van der Waals surface area contributed by atoms with Crippen LogP contribution in [0.15, 0.2) is 54.6 Å². The first kappa shape index (κ1) is 15.1. The lowest BCUT2D eigenvalue weighted by atomic mass is 10.2. The van der Waals surface area contributed by atoms with Gasteiger partial charge in [-0.05, 0) is 31.7 Å². The maximum absolute atomic E-state index is 7.46. The van der Waals surface area contributed by atoms with E-state index in [1.165, 1.54) is 5.56 Å². The zero-order valence-corrected chi connectivity index (χ0v) is 12.4. The number of amidine groups is 1. The number of ether oxygens (including phenoxy) is 1. The first-order valence-corrected chi connectivity index (χ1v) is 6.91. The van der Waals surface area contributed by atoms with Crippen LogP contribution < -0.4 is 10.5 Å². The van der Waals surface area contributed by atoms with E-state index < -0.39 is 0 Å². The van der Waals surface area contributed by atoms with Gasteiger partial charge in [0.1, 0.15) is 17.8 Å². The van der Waals surface area contributed by atoms with Crippen LogP contribution >= 0.6 is 0 Å². The Labute approximate surface area is 125 Å². The van der Waals surface area contributed by atoms with Gasteiger partial charge in [0.25, 0.3) is 0 Å². The van der Waals surface area contributed by atoms with E-state index in [-0.39, 0.29) is 12.1 Å². The van der Waals surface area contributed by atoms with Gasteiger partial charge in [-0.3, -0.25) is 10.3 Å². The second-order valence-corrected chi connectivity index (χ2v) is 5.06. The molecule has 1 unspecified atom stereocenters. The number of benzene rings is 2. The topological polar surface area (TPSA) is 62.3 Å². The van der Waals surface area contributed by atoms with Crippen molar-refractivity contribution in [3.05, 3.63) is 65.7 Å². The first-order chi connectivity index (χ1) is 10.1. The van der Waals surface area contributed by atoms with Crippen LogP contribution in [0.4, 0.5) is 0 Å². The van der Waals surface area contributed by atoms with Crippen molar-refractivity contribution >= 4 is 5.84 Å². The highest BCUT2D eigenvalue weighted by Crippen LogP contribution is 2.16. The van der Waals surface area contributed by atoms with Crippen LogP contribution in [-0.2, 0) is 6.54 Å². The van der Waals surface area contributed by atoms with Crippen LogP contribution in [0.1, 0.15) is 18.1 Å². The highest BCUT2D eigenvalue weighted by Gasteiger charge is 2.11. The van der Waals surface area contributed by atoms with Crippen LogP contribution in [0.2, 0.25) is 0 Å². The van der Waals surface area contributed by atoms with E-state index >= 15 is 0 Å². The molecule has 2 aromatic rings. The number of nitrogens with one attached hydrogen (secondary N) is 1. The molecule has 4 heteroatoms. The fraction of sp³-hybridized carbons (Fsp3) is 0.235. The smallest absolute Gasteiger partial charge is 0.149 e. The third kappa shape index (κ3) is 4.33. The molecule has 0 aliphatic rings. The highest BCUT2D eigenvalue weighted by atomic mass is 16.5. The van der Waals surface area contributed by atoms with E-state index in [0.29, 0.717) is 5.56 Å². The van der Waals surface area contributed by atoms with E-state index in [1.54, 1.807) is 12.1 Å². The van der Waals surface area contributed by atoms with E-state index in [4.69, 9.17) is 15.9 Å². The Morgan fingerprint density at radius 2 is 1.90 bits per heavy atom. The molecule has 1 atom stereocenters. The van der Waals surface area contributed by atoms with Crippen LogP contribution in [0.25, 0.3) is 0 Å². The molecule has 0 aliphatic carbocycles. The molecule has 3 N–H and O–H groups in total. The van der Waals surface area contributed by atoms with Crippen molar-refractivity contribution < 1.29 is 4.74 Å². The Kier molecular flexibility index (Phi) is 4.95. The summed E-state index contributed by atoms with van der Waals surface area (Å²) in [7, 11) is 2.02. The molecule has 0 saturated heterocycles. The van der Waals surface area contributed by atoms with E-state index in [2.05, 4.69) is 17.0 Å². The van der Waals surface area contributed by atoms with Gasteiger partial charge in [-0.15, -0.1) is 0 Å². The zero-order valence-electron chi connectivity index (χ0n) is 12.4. The van der Waals surface area contributed by atoms with Gasteiger partial charge in [-0.25, -0.2) is 0 Å². The summed E-state index contributed by atoms with van der Waals surface area (Å²) in [5.74, 6) is 0.765. The second kappa shape index (κ2) is 6.90. The van der Waals surface area contributed by atoms with Crippen LogP contribution in [0, 0.1) is 5.41 Å². The minimum Gasteiger partial charge on any atom is -0.475 e. The largest absolute Gasteiger partial charge is 0.475 e. The molecule has 0 spiro atoms. The van der Waals surface area contributed by atoms with Crippen LogP contribution in [0.3, 0.4) is 0 Å². The molecule has 0 aromatic heterocycles. The van der Waals surface area contributed by atoms with Gasteiger partial charge in [0.05, 0.1) is 0 Å². The standard InChI is InChI=1S/C17H21N3O/c1-13(20(2)12-14-7-4-3-5-8-14)21-16-10-6-9-15(11-16)17(18)19/h3-11,13H,12H2,1-2H3,(H3,18,19). The number of hydrogen-bond acceptors (Lipinski definition) is 3. The third-order valence-electron chi connectivity index (χ3n) is 3.35. The summed E-state index contributed by atoms with van der Waals surface area (Å²) in [6.07, 6.45) is -0.0765. The maximum atomic E-state index is 7.46. The van der Waals surface area contributed by atoms with Gasteiger partial charge in [0.2, 0.25) is 0 Å². The zero-order chi connectivity index (χ0) is 15.2. The maximum Gasteiger partial charge on any atom is 0.149 e. The minimum absolute atomic E-state index is 0.0470. The molecule has 0 heterocycles. The van der Waals surface area contributed by atoms with Crippen molar-refractivity contribution in [1.29, 1.82) is 5.41 Å². The number of nitrogens with two attached hydrogens (primary N) is 1. The molecule has 2 rings (SSSR count). The molecular formula is C17H21N3O. The van der Waals surface area contributed by atoms with Gasteiger partial charge < -0.3 is 10.5 Å². The molecule has 0 aliphatic heterocycles. The molecule has 0 radical (unpaired) electrons. The number of hydrogen-bond donors (Lipinski definition) is 2. The molecule has 0 fully saturated rings. The molecule has 0 saturated carbocycles. The summed E-state index contributed by atoms with van der Waals surface area (Å²) in [6, 6.07) is 17.6. The quantitative estimate of drug-likeness (QED) is 0.487. The summed E-state index contributed by atoms with van der Waals surface area (Å²) in [6.45, 7) is 2.82. The van der Waals surface area contributed by atoms with E-state index in [9.17, 15) is 0 Å². The fourth-order valence-corrected chi connectivity index (χ4v) is 2.02. The Hall–Kier alpha value is -2.33.